The van der Waals surface area contributed by atoms with E-state index in [0.717, 1.165) is 12.1 Å². The number of rotatable bonds is 7. The molecule has 0 spiro atoms. The average Bonchev–Trinajstić information content (AvgIpc) is 2.68. The quantitative estimate of drug-likeness (QED) is 0.410. The third kappa shape index (κ3) is 4.69. The molecule has 2 aromatic carbocycles. The summed E-state index contributed by atoms with van der Waals surface area (Å²) in [6.45, 7) is 1.61. The minimum atomic E-state index is -4.26. The summed E-state index contributed by atoms with van der Waals surface area (Å²) in [6.07, 6.45) is 1.40. The molecule has 0 saturated carbocycles. The van der Waals surface area contributed by atoms with Crippen LogP contribution in [0.4, 0.5) is 17.2 Å². The normalized spacial score (nSPS) is 11.6. The number of aromatic nitrogens is 2. The topological polar surface area (TPSA) is 161 Å². The summed E-state index contributed by atoms with van der Waals surface area (Å²) in [4.78, 5) is 17.5. The Morgan fingerprint density at radius 2 is 1.57 bits per heavy atom. The van der Waals surface area contributed by atoms with E-state index in [1.165, 1.54) is 48.7 Å². The zero-order valence-corrected chi connectivity index (χ0v) is 17.0. The van der Waals surface area contributed by atoms with Gasteiger partial charge in [-0.25, -0.2) is 26.8 Å². The van der Waals surface area contributed by atoms with Crippen molar-refractivity contribution in [2.45, 2.75) is 16.7 Å². The predicted molar refractivity (Wildman–Crippen MR) is 108 cm³/mol. The van der Waals surface area contributed by atoms with Gasteiger partial charge in [0.15, 0.2) is 4.90 Å². The summed E-state index contributed by atoms with van der Waals surface area (Å²) in [5, 5.41) is 11.1. The van der Waals surface area contributed by atoms with Crippen molar-refractivity contribution >= 4 is 37.2 Å². The third-order valence-electron chi connectivity index (χ3n) is 3.78. The van der Waals surface area contributed by atoms with Gasteiger partial charge < -0.3 is 0 Å². The van der Waals surface area contributed by atoms with Crippen LogP contribution >= 0.6 is 0 Å². The van der Waals surface area contributed by atoms with Gasteiger partial charge in [0.05, 0.1) is 9.82 Å². The van der Waals surface area contributed by atoms with Crippen molar-refractivity contribution in [3.63, 3.8) is 0 Å². The zero-order chi connectivity index (χ0) is 21.9. The Kier molecular flexibility index (Phi) is 5.67. The van der Waals surface area contributed by atoms with Gasteiger partial charge in [-0.2, -0.15) is 0 Å². The van der Waals surface area contributed by atoms with E-state index in [1.807, 2.05) is 0 Å². The second kappa shape index (κ2) is 8.04. The molecule has 2 N–H and O–H groups in total. The molecule has 0 atom stereocenters. The Morgan fingerprint density at radius 3 is 2.20 bits per heavy atom. The molecule has 0 fully saturated rings. The monoisotopic (exact) mass is 449 g/mol. The number of nitro benzene ring substituents is 1. The summed E-state index contributed by atoms with van der Waals surface area (Å²) < 4.78 is 54.5. The van der Waals surface area contributed by atoms with Gasteiger partial charge in [0.1, 0.15) is 11.6 Å². The summed E-state index contributed by atoms with van der Waals surface area (Å²) in [6, 6.07) is 11.1. The van der Waals surface area contributed by atoms with Gasteiger partial charge in [-0.1, -0.05) is 12.1 Å². The lowest BCUT2D eigenvalue weighted by atomic mass is 10.3. The molecular weight excluding hydrogens is 434 g/mol. The van der Waals surface area contributed by atoms with Crippen molar-refractivity contribution in [2.24, 2.45) is 0 Å². The first-order chi connectivity index (χ1) is 14.1. The van der Waals surface area contributed by atoms with Gasteiger partial charge in [0.25, 0.3) is 25.7 Å². The Hall–Kier alpha value is -3.58. The molecule has 0 unspecified atom stereocenters. The molecule has 0 aliphatic heterocycles. The van der Waals surface area contributed by atoms with Crippen LogP contribution in [0.5, 0.6) is 0 Å². The van der Waals surface area contributed by atoms with Crippen LogP contribution in [0.2, 0.25) is 0 Å². The van der Waals surface area contributed by atoms with Crippen molar-refractivity contribution in [3.05, 3.63) is 76.7 Å². The summed E-state index contributed by atoms with van der Waals surface area (Å²) >= 11 is 0. The minimum absolute atomic E-state index is 0.0324. The van der Waals surface area contributed by atoms with Crippen LogP contribution in [-0.2, 0) is 20.0 Å². The highest BCUT2D eigenvalue weighted by Gasteiger charge is 2.25. The smallest absolute Gasteiger partial charge is 0.279 e. The van der Waals surface area contributed by atoms with Crippen molar-refractivity contribution < 1.29 is 21.8 Å². The van der Waals surface area contributed by atoms with E-state index in [4.69, 9.17) is 0 Å². The molecular formula is C17H15N5O6S2. The molecule has 156 valence electrons. The third-order valence-corrected chi connectivity index (χ3v) is 6.58. The summed E-state index contributed by atoms with van der Waals surface area (Å²) in [7, 11) is -8.23. The summed E-state index contributed by atoms with van der Waals surface area (Å²) in [5.74, 6) is 0.471. The van der Waals surface area contributed by atoms with E-state index in [2.05, 4.69) is 19.4 Å². The summed E-state index contributed by atoms with van der Waals surface area (Å²) in [5.41, 5.74) is -0.543. The van der Waals surface area contributed by atoms with Crippen LogP contribution in [0.15, 0.2) is 70.6 Å². The molecule has 0 radical (unpaired) electrons. The molecule has 1 heterocycles. The highest BCUT2D eigenvalue weighted by Crippen LogP contribution is 2.26. The van der Waals surface area contributed by atoms with Gasteiger partial charge in [-0.3, -0.25) is 19.6 Å². The number of nitrogens with one attached hydrogen (secondary N) is 2. The molecule has 0 amide bonds. The molecule has 30 heavy (non-hydrogen) atoms. The van der Waals surface area contributed by atoms with Gasteiger partial charge in [-0.05, 0) is 43.3 Å². The van der Waals surface area contributed by atoms with Crippen LogP contribution in [-0.4, -0.2) is 31.7 Å². The molecule has 11 nitrogen and oxygen atoms in total. The highest BCUT2D eigenvalue weighted by molar-refractivity contribution is 7.93. The number of benzene rings is 2. The average molecular weight is 449 g/mol. The Bertz CT molecular complexity index is 1310. The van der Waals surface area contributed by atoms with E-state index in [9.17, 15) is 26.9 Å². The molecule has 0 aliphatic carbocycles. The molecule has 0 aliphatic rings. The Morgan fingerprint density at radius 1 is 0.900 bits per heavy atom. The van der Waals surface area contributed by atoms with Gasteiger partial charge in [-0.15, -0.1) is 0 Å². The standard InChI is InChI=1S/C17H15N5O6S2/c1-12-18-11-10-17(19-12)21-29(25,26)14-8-6-13(7-9-14)20-30(27,28)16-5-3-2-4-15(16)22(23)24/h2-11,20H,1H3,(H,18,19,21). The zero-order valence-electron chi connectivity index (χ0n) is 15.4. The first-order valence-corrected chi connectivity index (χ1v) is 11.2. The molecule has 0 bridgehead atoms. The van der Waals surface area contributed by atoms with Crippen LogP contribution in [0, 0.1) is 17.0 Å². The van der Waals surface area contributed by atoms with Crippen molar-refractivity contribution in [3.8, 4) is 0 Å². The van der Waals surface area contributed by atoms with Gasteiger partial charge >= 0.3 is 0 Å². The van der Waals surface area contributed by atoms with E-state index in [1.54, 1.807) is 6.92 Å². The van der Waals surface area contributed by atoms with E-state index in [-0.39, 0.29) is 16.4 Å². The maximum Gasteiger partial charge on any atom is 0.289 e. The molecule has 3 aromatic rings. The number of aryl methyl sites for hydroxylation is 1. The van der Waals surface area contributed by atoms with Gasteiger partial charge in [0, 0.05) is 18.0 Å². The number of hydrogen-bond acceptors (Lipinski definition) is 8. The van der Waals surface area contributed by atoms with Crippen LogP contribution < -0.4 is 9.44 Å². The van der Waals surface area contributed by atoms with E-state index < -0.39 is 35.6 Å². The van der Waals surface area contributed by atoms with Crippen LogP contribution in [0.25, 0.3) is 0 Å². The Labute approximate surface area is 172 Å². The minimum Gasteiger partial charge on any atom is -0.279 e. The lowest BCUT2D eigenvalue weighted by Crippen LogP contribution is -2.16. The first kappa shape index (κ1) is 21.1. The molecule has 0 saturated heterocycles. The van der Waals surface area contributed by atoms with Crippen molar-refractivity contribution in [2.75, 3.05) is 9.44 Å². The number of nitrogens with zero attached hydrogens (tertiary/aromatic N) is 3. The molecule has 1 aromatic heterocycles. The van der Waals surface area contributed by atoms with E-state index in [0.29, 0.717) is 5.82 Å². The fraction of sp³-hybridized carbons (Fsp3) is 0.0588. The molecule has 13 heteroatoms. The van der Waals surface area contributed by atoms with Crippen molar-refractivity contribution in [1.82, 2.24) is 9.97 Å². The lowest BCUT2D eigenvalue weighted by molar-refractivity contribution is -0.387. The van der Waals surface area contributed by atoms with Gasteiger partial charge in [0.2, 0.25) is 0 Å². The second-order valence-corrected chi connectivity index (χ2v) is 9.28. The Balaban J connectivity index is 1.83. The number of anilines is 2. The maximum absolute atomic E-state index is 12.5. The van der Waals surface area contributed by atoms with Crippen LogP contribution in [0.3, 0.4) is 0 Å². The largest absolute Gasteiger partial charge is 0.289 e. The fourth-order valence-electron chi connectivity index (χ4n) is 2.46. The van der Waals surface area contributed by atoms with Crippen molar-refractivity contribution in [1.29, 1.82) is 0 Å². The van der Waals surface area contributed by atoms with Crippen LogP contribution in [0.1, 0.15) is 5.82 Å². The predicted octanol–water partition coefficient (Wildman–Crippen LogP) is 2.29. The SMILES string of the molecule is Cc1nccc(NS(=O)(=O)c2ccc(NS(=O)(=O)c3ccccc3[N+](=O)[O-])cc2)n1. The number of para-hydroxylation sites is 1. The first-order valence-electron chi connectivity index (χ1n) is 8.27. The van der Waals surface area contributed by atoms with E-state index >= 15 is 0 Å². The number of nitro groups is 1. The maximum atomic E-state index is 12.5. The fourth-order valence-corrected chi connectivity index (χ4v) is 4.69. The number of sulfonamides is 2. The molecule has 3 rings (SSSR count). The highest BCUT2D eigenvalue weighted by atomic mass is 32.2. The lowest BCUT2D eigenvalue weighted by Gasteiger charge is -2.10. The number of hydrogen-bond donors (Lipinski definition) is 2. The second-order valence-electron chi connectivity index (χ2n) is 5.95.